The number of rotatable bonds is 8. The van der Waals surface area contributed by atoms with E-state index in [1.165, 1.54) is 41.6 Å². The molecule has 0 bridgehead atoms. The number of benzene rings is 2. The average Bonchev–Trinajstić information content (AvgIpc) is 4.09. The van der Waals surface area contributed by atoms with Crippen LogP contribution in [0.3, 0.4) is 0 Å². The minimum atomic E-state index is -0.635. The minimum absolute atomic E-state index is 0.0281. The van der Waals surface area contributed by atoms with E-state index in [1.807, 2.05) is 90.1 Å². The van der Waals surface area contributed by atoms with Gasteiger partial charge in [0.25, 0.3) is 11.8 Å². The van der Waals surface area contributed by atoms with E-state index in [-0.39, 0.29) is 58.6 Å². The molecule has 8 rings (SSSR count). The molecule has 2 amide bonds. The molecule has 350 valence electrons. The van der Waals surface area contributed by atoms with Crippen LogP contribution in [0.25, 0.3) is 11.3 Å². The number of amides is 2. The van der Waals surface area contributed by atoms with Crippen LogP contribution < -0.4 is 10.6 Å². The molecule has 0 radical (unpaired) electrons. The predicted octanol–water partition coefficient (Wildman–Crippen LogP) is 7.00. The van der Waals surface area contributed by atoms with Crippen LogP contribution in [0.1, 0.15) is 163 Å². The summed E-state index contributed by atoms with van der Waals surface area (Å²) < 4.78 is 24.1. The molecule has 0 fully saturated rings. The Balaban J connectivity index is 0.000000199. The normalized spacial score (nSPS) is 15.2. The number of halogens is 1. The molecule has 0 spiro atoms. The molecule has 0 aliphatic heterocycles. The first-order valence-corrected chi connectivity index (χ1v) is 22.6. The number of hydrogen-bond donors (Lipinski definition) is 2. The van der Waals surface area contributed by atoms with Gasteiger partial charge in [0.05, 0.1) is 53.4 Å². The summed E-state index contributed by atoms with van der Waals surface area (Å²) in [4.78, 5) is 84.2. The number of nitrogens with one attached hydrogen (secondary N) is 2. The van der Waals surface area contributed by atoms with Crippen molar-refractivity contribution in [3.8, 4) is 0 Å². The van der Waals surface area contributed by atoms with Crippen molar-refractivity contribution in [3.63, 3.8) is 0 Å². The topological polar surface area (TPSA) is 224 Å². The van der Waals surface area contributed by atoms with Crippen LogP contribution in [0, 0.1) is 17.4 Å². The van der Waals surface area contributed by atoms with Gasteiger partial charge >= 0.3 is 23.9 Å². The van der Waals surface area contributed by atoms with Crippen LogP contribution >= 0.6 is 22.6 Å². The van der Waals surface area contributed by atoms with Gasteiger partial charge in [-0.3, -0.25) is 9.59 Å². The zero-order valence-corrected chi connectivity index (χ0v) is 41.0. The van der Waals surface area contributed by atoms with Crippen LogP contribution in [-0.4, -0.2) is 90.3 Å². The number of esters is 4. The number of ether oxygens (including phenoxy) is 4. The SMILES string of the molecule is COC(=O)c1cc(C(=O)N[C@H]2CCc3c2ccc(C(=O)OC(C)(C)C)c3C)n2ncc(I)c2n1.COC(=O)c1cc(C(=O)N[C@H]2CCc3c2ccc(C(=O)OC(C)(C)C)c3C)n2nccc2n1. The third-order valence-corrected chi connectivity index (χ3v) is 12.0. The third-order valence-electron chi connectivity index (χ3n) is 11.3. The van der Waals surface area contributed by atoms with Crippen molar-refractivity contribution in [2.45, 2.75) is 104 Å². The zero-order valence-electron chi connectivity index (χ0n) is 38.8. The lowest BCUT2D eigenvalue weighted by Crippen LogP contribution is -2.30. The van der Waals surface area contributed by atoms with E-state index in [1.54, 1.807) is 24.4 Å². The number of carbonyl (C=O) groups is 6. The van der Waals surface area contributed by atoms with E-state index in [9.17, 15) is 28.8 Å². The molecular formula is C48H51IN8O10. The number of carbonyl (C=O) groups excluding carboxylic acids is 6. The summed E-state index contributed by atoms with van der Waals surface area (Å²) in [6.45, 7) is 14.8. The van der Waals surface area contributed by atoms with Crippen molar-refractivity contribution in [2.24, 2.45) is 0 Å². The summed E-state index contributed by atoms with van der Waals surface area (Å²) in [7, 11) is 2.52. The predicted molar refractivity (Wildman–Crippen MR) is 251 cm³/mol. The van der Waals surface area contributed by atoms with Gasteiger partial charge in [-0.1, -0.05) is 12.1 Å². The Morgan fingerprint density at radius 1 is 0.642 bits per heavy atom. The fourth-order valence-electron chi connectivity index (χ4n) is 8.22. The molecule has 2 aromatic carbocycles. The van der Waals surface area contributed by atoms with Gasteiger partial charge < -0.3 is 29.6 Å². The van der Waals surface area contributed by atoms with Gasteiger partial charge in [0.15, 0.2) is 22.7 Å². The molecule has 4 aromatic heterocycles. The summed E-state index contributed by atoms with van der Waals surface area (Å²) in [5.74, 6) is -2.76. The molecule has 67 heavy (non-hydrogen) atoms. The minimum Gasteiger partial charge on any atom is -0.464 e. The number of hydrogen-bond acceptors (Lipinski definition) is 14. The standard InChI is InChI=1S/C24H25IN4O5.C24H26N4O5/c1-12-13-8-9-17(15(13)7-6-14(12)22(31)34-24(2,3)4)28-21(30)19-10-18(23(32)33-5)27-20-16(25)11-26-29(19)20;1-13-14-8-9-17(16(14)7-6-15(13)22(30)33-24(2,3)4)27-21(29)19-12-18(23(31)32-5)26-20-10-11-25-28(19)20/h6-7,10-11,17H,8-9H2,1-5H3,(H,28,30);6-7,10-12,17H,8-9H2,1-5H3,(H,27,29)/t2*17-/m00/s1. The first-order valence-electron chi connectivity index (χ1n) is 21.5. The van der Waals surface area contributed by atoms with Gasteiger partial charge in [-0.15, -0.1) is 0 Å². The van der Waals surface area contributed by atoms with Crippen molar-refractivity contribution in [3.05, 3.63) is 126 Å². The highest BCUT2D eigenvalue weighted by Crippen LogP contribution is 2.37. The smallest absolute Gasteiger partial charge is 0.356 e. The van der Waals surface area contributed by atoms with Crippen molar-refractivity contribution in [2.75, 3.05) is 14.2 Å². The molecular weight excluding hydrogens is 975 g/mol. The largest absolute Gasteiger partial charge is 0.464 e. The van der Waals surface area contributed by atoms with E-state index < -0.39 is 23.1 Å². The third kappa shape index (κ3) is 10.2. The summed E-state index contributed by atoms with van der Waals surface area (Å²) in [6, 6.07) is 11.1. The second kappa shape index (κ2) is 18.8. The van der Waals surface area contributed by atoms with Crippen LogP contribution in [-0.2, 0) is 31.8 Å². The highest BCUT2D eigenvalue weighted by atomic mass is 127. The maximum Gasteiger partial charge on any atom is 0.356 e. The lowest BCUT2D eigenvalue weighted by Gasteiger charge is -2.21. The highest BCUT2D eigenvalue weighted by molar-refractivity contribution is 14.1. The Morgan fingerprint density at radius 2 is 1.10 bits per heavy atom. The maximum absolute atomic E-state index is 13.3. The Bertz CT molecular complexity index is 3000. The number of nitrogens with zero attached hydrogens (tertiary/aromatic N) is 6. The first kappa shape index (κ1) is 48.2. The van der Waals surface area contributed by atoms with E-state index in [0.29, 0.717) is 38.8 Å². The van der Waals surface area contributed by atoms with Gasteiger partial charge in [0, 0.05) is 18.2 Å². The van der Waals surface area contributed by atoms with E-state index in [4.69, 9.17) is 18.9 Å². The van der Waals surface area contributed by atoms with Crippen LogP contribution in [0.4, 0.5) is 0 Å². The van der Waals surface area contributed by atoms with Gasteiger partial charge in [-0.25, -0.2) is 38.2 Å². The average molecular weight is 1030 g/mol. The molecule has 18 nitrogen and oxygen atoms in total. The number of fused-ring (bicyclic) bond motifs is 4. The lowest BCUT2D eigenvalue weighted by atomic mass is 9.97. The summed E-state index contributed by atoms with van der Waals surface area (Å²) in [6.07, 6.45) is 5.91. The fraction of sp³-hybridized carbons (Fsp3) is 0.375. The molecule has 2 aliphatic rings. The summed E-state index contributed by atoms with van der Waals surface area (Å²) in [5, 5.41) is 14.5. The number of methoxy groups -OCH3 is 2. The van der Waals surface area contributed by atoms with Crippen molar-refractivity contribution < 1.29 is 47.7 Å². The van der Waals surface area contributed by atoms with E-state index in [0.717, 1.165) is 46.2 Å². The molecule has 19 heteroatoms. The van der Waals surface area contributed by atoms with Crippen molar-refractivity contribution in [1.29, 1.82) is 0 Å². The van der Waals surface area contributed by atoms with Crippen molar-refractivity contribution in [1.82, 2.24) is 39.8 Å². The lowest BCUT2D eigenvalue weighted by molar-refractivity contribution is 0.00559. The monoisotopic (exact) mass is 1030 g/mol. The van der Waals surface area contributed by atoms with Crippen LogP contribution in [0.2, 0.25) is 0 Å². The Labute approximate surface area is 399 Å². The maximum atomic E-state index is 13.3. The molecule has 2 atom stereocenters. The van der Waals surface area contributed by atoms with Gasteiger partial charge in [0.1, 0.15) is 22.6 Å². The Morgan fingerprint density at radius 3 is 1.57 bits per heavy atom. The zero-order chi connectivity index (χ0) is 48.7. The first-order chi connectivity index (χ1) is 31.6. The molecule has 2 N–H and O–H groups in total. The summed E-state index contributed by atoms with van der Waals surface area (Å²) >= 11 is 2.05. The molecule has 0 saturated carbocycles. The van der Waals surface area contributed by atoms with Crippen molar-refractivity contribution >= 4 is 69.6 Å². The molecule has 0 unspecified atom stereocenters. The quantitative estimate of drug-likeness (QED) is 0.0891. The molecule has 4 heterocycles. The fourth-order valence-corrected chi connectivity index (χ4v) is 8.70. The highest BCUT2D eigenvalue weighted by Gasteiger charge is 2.32. The number of aromatic nitrogens is 6. The van der Waals surface area contributed by atoms with Gasteiger partial charge in [-0.05, 0) is 149 Å². The molecule has 0 saturated heterocycles. The Kier molecular flexibility index (Phi) is 13.5. The molecule has 6 aromatic rings. The van der Waals surface area contributed by atoms with Gasteiger partial charge in [-0.2, -0.15) is 10.2 Å². The van der Waals surface area contributed by atoms with Crippen LogP contribution in [0.5, 0.6) is 0 Å². The second-order valence-electron chi connectivity index (χ2n) is 18.1. The second-order valence-corrected chi connectivity index (χ2v) is 19.3. The van der Waals surface area contributed by atoms with Gasteiger partial charge in [0.2, 0.25) is 0 Å². The van der Waals surface area contributed by atoms with E-state index >= 15 is 0 Å². The molecule has 2 aliphatic carbocycles. The van der Waals surface area contributed by atoms with Crippen LogP contribution in [0.15, 0.2) is 54.9 Å². The van der Waals surface area contributed by atoms with E-state index in [2.05, 4.69) is 30.8 Å². The summed E-state index contributed by atoms with van der Waals surface area (Å²) in [5.41, 5.74) is 6.84. The Hall–Kier alpha value is -6.77.